The number of nitrogens with one attached hydrogen (secondary N) is 1. The summed E-state index contributed by atoms with van der Waals surface area (Å²) < 4.78 is 9.84. The van der Waals surface area contributed by atoms with E-state index in [0.717, 1.165) is 5.00 Å². The van der Waals surface area contributed by atoms with Crippen LogP contribution in [-0.4, -0.2) is 53.8 Å². The van der Waals surface area contributed by atoms with Gasteiger partial charge in [-0.25, -0.2) is 0 Å². The number of hydrogen-bond donors (Lipinski definition) is 3. The third kappa shape index (κ3) is 2.87. The summed E-state index contributed by atoms with van der Waals surface area (Å²) in [5, 5.41) is 12.6. The highest BCUT2D eigenvalue weighted by molar-refractivity contribution is 7.11. The third-order valence-corrected chi connectivity index (χ3v) is 4.05. The second-order valence-corrected chi connectivity index (χ2v) is 6.14. The number of rotatable bonds is 3. The van der Waals surface area contributed by atoms with Crippen molar-refractivity contribution in [2.24, 2.45) is 0 Å². The van der Waals surface area contributed by atoms with Crippen molar-refractivity contribution in [3.63, 3.8) is 0 Å². The highest BCUT2D eigenvalue weighted by Gasteiger charge is 2.36. The van der Waals surface area contributed by atoms with Crippen molar-refractivity contribution >= 4 is 28.3 Å². The van der Waals surface area contributed by atoms with Gasteiger partial charge >= 0.3 is 0 Å². The van der Waals surface area contributed by atoms with E-state index in [0.29, 0.717) is 18.7 Å². The largest absolute Gasteiger partial charge is 0.394 e. The molecule has 112 valence electrons. The van der Waals surface area contributed by atoms with Gasteiger partial charge in [-0.2, -0.15) is 4.37 Å². The number of nitrogens with zero attached hydrogens (tertiary/aromatic N) is 2. The molecule has 8 heteroatoms. The number of carbonyl (C=O) groups is 1. The fraction of sp³-hybridized carbons (Fsp3) is 0.667. The summed E-state index contributed by atoms with van der Waals surface area (Å²) in [6, 6.07) is 0. The van der Waals surface area contributed by atoms with Gasteiger partial charge in [-0.3, -0.25) is 4.79 Å². The first-order chi connectivity index (χ1) is 9.38. The predicted octanol–water partition coefficient (Wildman–Crippen LogP) is 0.0610. The lowest BCUT2D eigenvalue weighted by Crippen LogP contribution is -2.54. The number of anilines is 2. The average molecular weight is 300 g/mol. The molecule has 0 saturated carbocycles. The first kappa shape index (κ1) is 15.0. The molecular formula is C12H20N4O3S. The van der Waals surface area contributed by atoms with E-state index in [-0.39, 0.29) is 24.4 Å². The zero-order chi connectivity index (χ0) is 14.9. The van der Waals surface area contributed by atoms with Gasteiger partial charge in [0.05, 0.1) is 18.3 Å². The molecule has 1 aromatic heterocycles. The Hall–Kier alpha value is -1.38. The first-order valence-electron chi connectivity index (χ1n) is 6.39. The van der Waals surface area contributed by atoms with Crippen LogP contribution in [0.1, 0.15) is 24.2 Å². The van der Waals surface area contributed by atoms with E-state index in [1.807, 2.05) is 18.7 Å². The van der Waals surface area contributed by atoms with Gasteiger partial charge in [-0.15, -0.1) is 0 Å². The second-order valence-electron chi connectivity index (χ2n) is 5.39. The van der Waals surface area contributed by atoms with Gasteiger partial charge in [0.1, 0.15) is 10.6 Å². The minimum Gasteiger partial charge on any atom is -0.394 e. The van der Waals surface area contributed by atoms with Crippen molar-refractivity contribution in [1.82, 2.24) is 9.69 Å². The third-order valence-electron chi connectivity index (χ3n) is 3.13. The number of nitrogen functional groups attached to an aromatic ring is 1. The summed E-state index contributed by atoms with van der Waals surface area (Å²) >= 11 is 1.19. The van der Waals surface area contributed by atoms with Crippen molar-refractivity contribution in [2.45, 2.75) is 25.6 Å². The summed E-state index contributed by atoms with van der Waals surface area (Å²) in [6.45, 7) is 4.95. The van der Waals surface area contributed by atoms with E-state index in [2.05, 4.69) is 9.69 Å². The Morgan fingerprint density at radius 1 is 1.70 bits per heavy atom. The maximum Gasteiger partial charge on any atom is 0.257 e. The van der Waals surface area contributed by atoms with Gasteiger partial charge in [0.2, 0.25) is 0 Å². The molecule has 1 fully saturated rings. The number of aromatic nitrogens is 1. The topological polar surface area (TPSA) is 101 Å². The van der Waals surface area contributed by atoms with Crippen LogP contribution in [0, 0.1) is 0 Å². The molecule has 1 unspecified atom stereocenters. The zero-order valence-corrected chi connectivity index (χ0v) is 12.7. The molecule has 0 spiro atoms. The number of amides is 1. The van der Waals surface area contributed by atoms with Crippen molar-refractivity contribution in [2.75, 3.05) is 37.4 Å². The minimum absolute atomic E-state index is 0.0659. The Morgan fingerprint density at radius 2 is 2.40 bits per heavy atom. The smallest absolute Gasteiger partial charge is 0.257 e. The quantitative estimate of drug-likeness (QED) is 0.730. The summed E-state index contributed by atoms with van der Waals surface area (Å²) in [4.78, 5) is 13.9. The number of nitrogens with two attached hydrogens (primary N) is 1. The molecule has 2 rings (SSSR count). The van der Waals surface area contributed by atoms with Crippen molar-refractivity contribution in [3.05, 3.63) is 5.56 Å². The molecule has 7 nitrogen and oxygen atoms in total. The Labute approximate surface area is 121 Å². The maximum absolute atomic E-state index is 11.9. The fourth-order valence-electron chi connectivity index (χ4n) is 2.39. The number of ether oxygens (including phenoxy) is 1. The summed E-state index contributed by atoms with van der Waals surface area (Å²) in [6.07, 6.45) is -0.292. The van der Waals surface area contributed by atoms with E-state index < -0.39 is 5.60 Å². The van der Waals surface area contributed by atoms with Crippen LogP contribution in [0.25, 0.3) is 0 Å². The van der Waals surface area contributed by atoms with Gasteiger partial charge in [0, 0.05) is 20.1 Å². The van der Waals surface area contributed by atoms with E-state index in [1.165, 1.54) is 11.5 Å². The summed E-state index contributed by atoms with van der Waals surface area (Å²) in [5.41, 5.74) is 5.77. The predicted molar refractivity (Wildman–Crippen MR) is 78.2 cm³/mol. The van der Waals surface area contributed by atoms with E-state index in [1.54, 1.807) is 7.05 Å². The molecule has 1 atom stereocenters. The van der Waals surface area contributed by atoms with Gasteiger partial charge in [0.15, 0.2) is 5.82 Å². The van der Waals surface area contributed by atoms with Gasteiger partial charge in [-0.1, -0.05) is 0 Å². The molecule has 1 aliphatic rings. The van der Waals surface area contributed by atoms with E-state index in [9.17, 15) is 9.90 Å². The fourth-order valence-corrected chi connectivity index (χ4v) is 3.21. The first-order valence-corrected chi connectivity index (χ1v) is 7.16. The van der Waals surface area contributed by atoms with Crippen LogP contribution in [0.15, 0.2) is 0 Å². The lowest BCUT2D eigenvalue weighted by Gasteiger charge is -2.42. The van der Waals surface area contributed by atoms with Gasteiger partial charge in [0.25, 0.3) is 5.91 Å². The number of aliphatic hydroxyl groups excluding tert-OH is 1. The lowest BCUT2D eigenvalue weighted by molar-refractivity contribution is -0.100. The van der Waals surface area contributed by atoms with Gasteiger partial charge < -0.3 is 25.8 Å². The molecule has 1 amide bonds. The van der Waals surface area contributed by atoms with Crippen LogP contribution in [0.2, 0.25) is 0 Å². The number of hydrogen-bond acceptors (Lipinski definition) is 7. The number of morpholine rings is 1. The van der Waals surface area contributed by atoms with Crippen LogP contribution in [0.3, 0.4) is 0 Å². The lowest BCUT2D eigenvalue weighted by atomic mass is 10.1. The summed E-state index contributed by atoms with van der Waals surface area (Å²) in [7, 11) is 1.56. The molecule has 0 bridgehead atoms. The molecule has 0 radical (unpaired) electrons. The monoisotopic (exact) mass is 300 g/mol. The van der Waals surface area contributed by atoms with Crippen LogP contribution in [-0.2, 0) is 4.74 Å². The molecule has 1 aliphatic heterocycles. The Balaban J connectivity index is 2.33. The van der Waals surface area contributed by atoms with Crippen LogP contribution >= 0.6 is 11.5 Å². The van der Waals surface area contributed by atoms with Crippen LogP contribution < -0.4 is 16.0 Å². The van der Waals surface area contributed by atoms with E-state index in [4.69, 9.17) is 10.5 Å². The summed E-state index contributed by atoms with van der Waals surface area (Å²) in [5.74, 6) is -0.0229. The Morgan fingerprint density at radius 3 is 3.00 bits per heavy atom. The Bertz CT molecular complexity index is 503. The molecule has 1 saturated heterocycles. The molecule has 2 heterocycles. The van der Waals surface area contributed by atoms with Crippen LogP contribution in [0.4, 0.5) is 10.8 Å². The molecule has 1 aromatic rings. The molecule has 0 aliphatic carbocycles. The van der Waals surface area contributed by atoms with Crippen molar-refractivity contribution in [1.29, 1.82) is 0 Å². The van der Waals surface area contributed by atoms with Crippen molar-refractivity contribution < 1.29 is 14.6 Å². The standard InChI is InChI=1S/C12H20N4O3S/c1-12(2)6-16(4-7(5-17)19-12)11-8(10(18)14-3)9(13)15-20-11/h7,17H,4-6H2,1-3H3,(H2,13,15)(H,14,18). The van der Waals surface area contributed by atoms with Crippen LogP contribution in [0.5, 0.6) is 0 Å². The molecular weight excluding hydrogens is 280 g/mol. The molecule has 0 aromatic carbocycles. The zero-order valence-electron chi connectivity index (χ0n) is 11.8. The average Bonchev–Trinajstić information content (AvgIpc) is 2.78. The SMILES string of the molecule is CNC(=O)c1c(N)nsc1N1CC(CO)OC(C)(C)C1. The highest BCUT2D eigenvalue weighted by atomic mass is 32.1. The maximum atomic E-state index is 11.9. The van der Waals surface area contributed by atoms with Gasteiger partial charge in [-0.05, 0) is 25.4 Å². The van der Waals surface area contributed by atoms with Crippen molar-refractivity contribution in [3.8, 4) is 0 Å². The second kappa shape index (κ2) is 5.55. The number of aliphatic hydroxyl groups is 1. The molecule has 20 heavy (non-hydrogen) atoms. The Kier molecular flexibility index (Phi) is 4.17. The van der Waals surface area contributed by atoms with E-state index >= 15 is 0 Å². The molecule has 4 N–H and O–H groups in total. The highest BCUT2D eigenvalue weighted by Crippen LogP contribution is 2.34. The minimum atomic E-state index is -0.412. The normalized spacial score (nSPS) is 21.8. The number of carbonyl (C=O) groups excluding carboxylic acids is 1.